The number of allylic oxidation sites excluding steroid dienone is 2. The van der Waals surface area contributed by atoms with Crippen molar-refractivity contribution >= 4 is 5.97 Å². The largest absolute Gasteiger partial charge is 0.478 e. The van der Waals surface area contributed by atoms with Gasteiger partial charge in [-0.25, -0.2) is 4.79 Å². The van der Waals surface area contributed by atoms with Gasteiger partial charge in [-0.3, -0.25) is 0 Å². The third kappa shape index (κ3) is 8.95. The van der Waals surface area contributed by atoms with E-state index in [1.165, 1.54) is 6.08 Å². The van der Waals surface area contributed by atoms with E-state index in [0.717, 1.165) is 32.1 Å². The number of carboxylic acids is 1. The van der Waals surface area contributed by atoms with Crippen molar-refractivity contribution in [3.8, 4) is 0 Å². The van der Waals surface area contributed by atoms with Gasteiger partial charge in [-0.2, -0.15) is 0 Å². The van der Waals surface area contributed by atoms with Crippen LogP contribution in [0, 0.1) is 0 Å². The average molecular weight is 168 g/mol. The fraction of sp³-hybridized carbons (Fsp3) is 0.500. The van der Waals surface area contributed by atoms with Crippen molar-refractivity contribution in [1.29, 1.82) is 0 Å². The van der Waals surface area contributed by atoms with Gasteiger partial charge in [0.1, 0.15) is 0 Å². The second kappa shape index (κ2) is 8.05. The summed E-state index contributed by atoms with van der Waals surface area (Å²) in [4.78, 5) is 10.0. The Kier molecular flexibility index (Phi) is 7.35. The van der Waals surface area contributed by atoms with Gasteiger partial charge in [0.05, 0.1) is 0 Å². The first-order valence-electron chi connectivity index (χ1n) is 4.27. The fourth-order valence-corrected chi connectivity index (χ4v) is 0.912. The summed E-state index contributed by atoms with van der Waals surface area (Å²) in [6.45, 7) is 3.63. The van der Waals surface area contributed by atoms with Crippen molar-refractivity contribution in [3.05, 3.63) is 24.8 Å². The van der Waals surface area contributed by atoms with E-state index in [0.29, 0.717) is 0 Å². The van der Waals surface area contributed by atoms with Crippen LogP contribution in [-0.2, 0) is 4.79 Å². The summed E-state index contributed by atoms with van der Waals surface area (Å²) in [5.41, 5.74) is 0. The first-order chi connectivity index (χ1) is 5.77. The summed E-state index contributed by atoms with van der Waals surface area (Å²) in [6.07, 6.45) is 10.1. The molecule has 0 saturated carbocycles. The van der Waals surface area contributed by atoms with E-state index in [1.807, 2.05) is 6.08 Å². The van der Waals surface area contributed by atoms with Gasteiger partial charge in [0.25, 0.3) is 0 Å². The molecule has 1 N–H and O–H groups in total. The summed E-state index contributed by atoms with van der Waals surface area (Å²) < 4.78 is 0. The number of unbranched alkanes of at least 4 members (excludes halogenated alkanes) is 4. The van der Waals surface area contributed by atoms with Crippen LogP contribution in [-0.4, -0.2) is 11.1 Å². The highest BCUT2D eigenvalue weighted by atomic mass is 16.4. The molecule has 0 aromatic carbocycles. The predicted molar refractivity (Wildman–Crippen MR) is 50.1 cm³/mol. The number of carbonyl (C=O) groups is 1. The lowest BCUT2D eigenvalue weighted by molar-refractivity contribution is -0.131. The molecule has 0 saturated heterocycles. The van der Waals surface area contributed by atoms with E-state index in [2.05, 4.69) is 6.58 Å². The lowest BCUT2D eigenvalue weighted by Crippen LogP contribution is -1.85. The van der Waals surface area contributed by atoms with E-state index < -0.39 is 5.97 Å². The minimum Gasteiger partial charge on any atom is -0.478 e. The molecule has 0 aromatic heterocycles. The molecular formula is C10H16O2. The predicted octanol–water partition coefficient (Wildman–Crippen LogP) is 2.76. The molecular weight excluding hydrogens is 152 g/mol. The molecule has 0 radical (unpaired) electrons. The summed E-state index contributed by atoms with van der Waals surface area (Å²) in [7, 11) is 0. The van der Waals surface area contributed by atoms with Crippen LogP contribution < -0.4 is 0 Å². The molecule has 0 bridgehead atoms. The molecule has 0 aliphatic heterocycles. The van der Waals surface area contributed by atoms with Crippen molar-refractivity contribution in [3.63, 3.8) is 0 Å². The van der Waals surface area contributed by atoms with Crippen molar-refractivity contribution in [1.82, 2.24) is 0 Å². The number of rotatable bonds is 7. The zero-order valence-corrected chi connectivity index (χ0v) is 7.33. The van der Waals surface area contributed by atoms with Gasteiger partial charge in [0.2, 0.25) is 0 Å². The molecule has 0 unspecified atom stereocenters. The van der Waals surface area contributed by atoms with Gasteiger partial charge in [-0.05, 0) is 25.7 Å². The zero-order chi connectivity index (χ0) is 9.23. The summed E-state index contributed by atoms with van der Waals surface area (Å²) in [5.74, 6) is -0.860. The molecule has 0 aromatic rings. The van der Waals surface area contributed by atoms with Gasteiger partial charge in [-0.1, -0.05) is 18.6 Å². The molecule has 0 atom stereocenters. The average Bonchev–Trinajstić information content (AvgIpc) is 2.02. The lowest BCUT2D eigenvalue weighted by Gasteiger charge is -1.93. The molecule has 0 spiro atoms. The first-order valence-corrected chi connectivity index (χ1v) is 4.27. The topological polar surface area (TPSA) is 37.3 Å². The molecule has 0 amide bonds. The third-order valence-corrected chi connectivity index (χ3v) is 1.54. The minimum atomic E-state index is -0.860. The highest BCUT2D eigenvalue weighted by Crippen LogP contribution is 2.03. The first kappa shape index (κ1) is 11.0. The van der Waals surface area contributed by atoms with Crippen LogP contribution >= 0.6 is 0 Å². The van der Waals surface area contributed by atoms with E-state index in [1.54, 1.807) is 6.08 Å². The maximum Gasteiger partial charge on any atom is 0.327 e. The summed E-state index contributed by atoms with van der Waals surface area (Å²) in [5, 5.41) is 8.25. The number of aliphatic carboxylic acids is 1. The number of hydrogen-bond donors (Lipinski definition) is 1. The van der Waals surface area contributed by atoms with Gasteiger partial charge in [-0.15, -0.1) is 6.58 Å². The Hall–Kier alpha value is -1.05. The van der Waals surface area contributed by atoms with Crippen molar-refractivity contribution in [2.24, 2.45) is 0 Å². The van der Waals surface area contributed by atoms with E-state index >= 15 is 0 Å². The Morgan fingerprint density at radius 2 is 1.92 bits per heavy atom. The molecule has 0 heterocycles. The Morgan fingerprint density at radius 3 is 2.50 bits per heavy atom. The Morgan fingerprint density at radius 1 is 1.25 bits per heavy atom. The van der Waals surface area contributed by atoms with Gasteiger partial charge >= 0.3 is 5.97 Å². The number of carboxylic acid groups (broad SMARTS) is 1. The van der Waals surface area contributed by atoms with Crippen LogP contribution in [0.15, 0.2) is 24.8 Å². The van der Waals surface area contributed by atoms with Gasteiger partial charge in [0, 0.05) is 6.08 Å². The molecule has 0 aliphatic carbocycles. The van der Waals surface area contributed by atoms with Gasteiger partial charge < -0.3 is 5.11 Å². The highest BCUT2D eigenvalue weighted by molar-refractivity contribution is 5.79. The Bertz CT molecular complexity index is 159. The monoisotopic (exact) mass is 168 g/mol. The molecule has 0 aliphatic rings. The molecule has 68 valence electrons. The second-order valence-corrected chi connectivity index (χ2v) is 2.67. The molecule has 2 heteroatoms. The SMILES string of the molecule is C=CCCCCC/C=C\C(=O)O. The van der Waals surface area contributed by atoms with Crippen LogP contribution in [0.3, 0.4) is 0 Å². The van der Waals surface area contributed by atoms with Crippen molar-refractivity contribution in [2.45, 2.75) is 32.1 Å². The molecule has 0 fully saturated rings. The normalized spacial score (nSPS) is 10.3. The van der Waals surface area contributed by atoms with E-state index in [9.17, 15) is 4.79 Å². The molecule has 2 nitrogen and oxygen atoms in total. The summed E-state index contributed by atoms with van der Waals surface area (Å²) >= 11 is 0. The van der Waals surface area contributed by atoms with Crippen LogP contribution in [0.5, 0.6) is 0 Å². The minimum absolute atomic E-state index is 0.860. The van der Waals surface area contributed by atoms with Gasteiger partial charge in [0.15, 0.2) is 0 Å². The third-order valence-electron chi connectivity index (χ3n) is 1.54. The Balaban J connectivity index is 3.10. The van der Waals surface area contributed by atoms with Crippen molar-refractivity contribution in [2.75, 3.05) is 0 Å². The van der Waals surface area contributed by atoms with Crippen LogP contribution in [0.2, 0.25) is 0 Å². The van der Waals surface area contributed by atoms with E-state index in [-0.39, 0.29) is 0 Å². The Labute approximate surface area is 73.6 Å². The lowest BCUT2D eigenvalue weighted by atomic mass is 10.1. The van der Waals surface area contributed by atoms with Crippen molar-refractivity contribution < 1.29 is 9.90 Å². The van der Waals surface area contributed by atoms with Crippen LogP contribution in [0.4, 0.5) is 0 Å². The standard InChI is InChI=1S/C10H16O2/c1-2-3-4-5-6-7-8-9-10(11)12/h2,8-9H,1,3-7H2,(H,11,12)/b9-8-. The quantitative estimate of drug-likeness (QED) is 0.360. The van der Waals surface area contributed by atoms with Crippen LogP contribution in [0.25, 0.3) is 0 Å². The van der Waals surface area contributed by atoms with E-state index in [4.69, 9.17) is 5.11 Å². The molecule has 12 heavy (non-hydrogen) atoms. The van der Waals surface area contributed by atoms with Crippen LogP contribution in [0.1, 0.15) is 32.1 Å². The molecule has 0 rings (SSSR count). The smallest absolute Gasteiger partial charge is 0.327 e. The maximum absolute atomic E-state index is 10.0. The second-order valence-electron chi connectivity index (χ2n) is 2.67. The highest BCUT2D eigenvalue weighted by Gasteiger charge is 1.87. The number of hydrogen-bond acceptors (Lipinski definition) is 1. The fourth-order valence-electron chi connectivity index (χ4n) is 0.912. The maximum atomic E-state index is 10.0. The summed E-state index contributed by atoms with van der Waals surface area (Å²) in [6, 6.07) is 0. The zero-order valence-electron chi connectivity index (χ0n) is 7.33.